The molecule has 106 valence electrons. The predicted octanol–water partition coefficient (Wildman–Crippen LogP) is 2.36. The Kier molecular flexibility index (Phi) is 4.35. The molecule has 1 saturated carbocycles. The average Bonchev–Trinajstić information content (AvgIpc) is 3.21. The summed E-state index contributed by atoms with van der Waals surface area (Å²) in [7, 11) is -1.91. The third kappa shape index (κ3) is 3.02. The van der Waals surface area contributed by atoms with Gasteiger partial charge in [0, 0.05) is 17.6 Å². The van der Waals surface area contributed by atoms with Crippen LogP contribution >= 0.6 is 15.9 Å². The maximum atomic E-state index is 12.6. The number of aliphatic hydroxyl groups is 1. The number of aliphatic hydroxyl groups excluding tert-OH is 1. The fourth-order valence-corrected chi connectivity index (χ4v) is 4.49. The number of benzene rings is 1. The van der Waals surface area contributed by atoms with Gasteiger partial charge in [-0.15, -0.1) is 0 Å². The minimum absolute atomic E-state index is 0.00897. The molecule has 0 aliphatic heterocycles. The van der Waals surface area contributed by atoms with Crippen LogP contribution in [0, 0.1) is 5.92 Å². The van der Waals surface area contributed by atoms with E-state index in [2.05, 4.69) is 15.9 Å². The van der Waals surface area contributed by atoms with Crippen LogP contribution in [-0.4, -0.2) is 30.9 Å². The second-order valence-corrected chi connectivity index (χ2v) is 7.84. The fourth-order valence-electron chi connectivity index (χ4n) is 2.09. The summed E-state index contributed by atoms with van der Waals surface area (Å²) in [5, 5.41) is 9.14. The van der Waals surface area contributed by atoms with E-state index < -0.39 is 10.0 Å². The largest absolute Gasteiger partial charge is 0.392 e. The highest BCUT2D eigenvalue weighted by atomic mass is 79.9. The molecule has 1 aromatic rings. The first-order valence-electron chi connectivity index (χ1n) is 6.25. The molecule has 0 saturated heterocycles. The third-order valence-corrected chi connectivity index (χ3v) is 6.65. The lowest BCUT2D eigenvalue weighted by Gasteiger charge is -2.25. The number of rotatable bonds is 5. The second-order valence-electron chi connectivity index (χ2n) is 5.02. The molecular formula is C13H18BrNO3S. The van der Waals surface area contributed by atoms with E-state index in [0.717, 1.165) is 12.8 Å². The Morgan fingerprint density at radius 3 is 2.63 bits per heavy atom. The molecule has 1 aliphatic rings. The quantitative estimate of drug-likeness (QED) is 0.889. The van der Waals surface area contributed by atoms with Gasteiger partial charge in [-0.25, -0.2) is 8.42 Å². The van der Waals surface area contributed by atoms with Gasteiger partial charge in [0.2, 0.25) is 10.0 Å². The summed E-state index contributed by atoms with van der Waals surface area (Å²) < 4.78 is 27.2. The van der Waals surface area contributed by atoms with Crippen molar-refractivity contribution in [1.82, 2.24) is 4.31 Å². The van der Waals surface area contributed by atoms with Crippen molar-refractivity contribution in [2.24, 2.45) is 5.92 Å². The fraction of sp³-hybridized carbons (Fsp3) is 0.538. The zero-order chi connectivity index (χ0) is 14.2. The molecule has 1 fully saturated rings. The van der Waals surface area contributed by atoms with Gasteiger partial charge in [-0.1, -0.05) is 6.07 Å². The molecule has 0 aromatic heterocycles. The van der Waals surface area contributed by atoms with Crippen molar-refractivity contribution < 1.29 is 13.5 Å². The smallest absolute Gasteiger partial charge is 0.244 e. The van der Waals surface area contributed by atoms with Gasteiger partial charge >= 0.3 is 0 Å². The molecule has 0 amide bonds. The van der Waals surface area contributed by atoms with E-state index in [0.29, 0.717) is 16.0 Å². The van der Waals surface area contributed by atoms with E-state index in [9.17, 15) is 8.42 Å². The lowest BCUT2D eigenvalue weighted by atomic mass is 10.2. The van der Waals surface area contributed by atoms with Gasteiger partial charge in [0.1, 0.15) is 0 Å². The first-order valence-corrected chi connectivity index (χ1v) is 8.48. The van der Waals surface area contributed by atoms with Gasteiger partial charge in [-0.3, -0.25) is 0 Å². The summed E-state index contributed by atoms with van der Waals surface area (Å²) in [6.45, 7) is 1.77. The van der Waals surface area contributed by atoms with Gasteiger partial charge in [0.25, 0.3) is 0 Å². The van der Waals surface area contributed by atoms with Gasteiger partial charge in [0.05, 0.1) is 11.5 Å². The highest BCUT2D eigenvalue weighted by molar-refractivity contribution is 9.10. The van der Waals surface area contributed by atoms with Crippen LogP contribution in [0.5, 0.6) is 0 Å². The molecule has 0 spiro atoms. The van der Waals surface area contributed by atoms with Crippen LogP contribution in [0.3, 0.4) is 0 Å². The van der Waals surface area contributed by atoms with Crippen LogP contribution in [0.25, 0.3) is 0 Å². The first kappa shape index (κ1) is 15.0. The number of hydrogen-bond donors (Lipinski definition) is 1. The van der Waals surface area contributed by atoms with Gasteiger partial charge in [-0.2, -0.15) is 4.31 Å². The van der Waals surface area contributed by atoms with E-state index in [-0.39, 0.29) is 17.5 Å². The van der Waals surface area contributed by atoms with Crippen molar-refractivity contribution in [2.45, 2.75) is 37.3 Å². The zero-order valence-corrected chi connectivity index (χ0v) is 13.4. The standard InChI is InChI=1S/C13H18BrNO3S/c1-9(11-4-5-11)15(2)19(17,18)13-7-10(8-16)3-6-12(13)14/h3,6-7,9,11,16H,4-5,8H2,1-2H3. The predicted molar refractivity (Wildman–Crippen MR) is 77.2 cm³/mol. The van der Waals surface area contributed by atoms with Crippen LogP contribution in [0.4, 0.5) is 0 Å². The maximum Gasteiger partial charge on any atom is 0.244 e. The topological polar surface area (TPSA) is 57.6 Å². The summed E-state index contributed by atoms with van der Waals surface area (Å²) in [6, 6.07) is 4.89. The number of sulfonamides is 1. The molecule has 1 unspecified atom stereocenters. The SMILES string of the molecule is CC(C1CC1)N(C)S(=O)(=O)c1cc(CO)ccc1Br. The molecule has 19 heavy (non-hydrogen) atoms. The van der Waals surface area contributed by atoms with Crippen molar-refractivity contribution in [3.05, 3.63) is 28.2 Å². The Morgan fingerprint density at radius 2 is 2.11 bits per heavy atom. The van der Waals surface area contributed by atoms with Crippen LogP contribution < -0.4 is 0 Å². The molecule has 0 bridgehead atoms. The van der Waals surface area contributed by atoms with Crippen LogP contribution in [-0.2, 0) is 16.6 Å². The Bertz CT molecular complexity index is 569. The lowest BCUT2D eigenvalue weighted by molar-refractivity contribution is 0.281. The Balaban J connectivity index is 2.37. The minimum Gasteiger partial charge on any atom is -0.392 e. The van der Waals surface area contributed by atoms with Crippen molar-refractivity contribution >= 4 is 26.0 Å². The summed E-state index contributed by atoms with van der Waals surface area (Å²) in [4.78, 5) is 0.217. The number of halogens is 1. The Labute approximate surface area is 122 Å². The molecule has 0 radical (unpaired) electrons. The van der Waals surface area contributed by atoms with E-state index in [4.69, 9.17) is 5.11 Å². The van der Waals surface area contributed by atoms with Crippen LogP contribution in [0.2, 0.25) is 0 Å². The van der Waals surface area contributed by atoms with Crippen LogP contribution in [0.1, 0.15) is 25.3 Å². The number of hydrogen-bond acceptors (Lipinski definition) is 3. The van der Waals surface area contributed by atoms with Gasteiger partial charge in [0.15, 0.2) is 0 Å². The maximum absolute atomic E-state index is 12.6. The van der Waals surface area contributed by atoms with Crippen molar-refractivity contribution in [3.8, 4) is 0 Å². The minimum atomic E-state index is -3.53. The second kappa shape index (κ2) is 5.52. The molecule has 0 heterocycles. The third-order valence-electron chi connectivity index (χ3n) is 3.71. The highest BCUT2D eigenvalue weighted by Gasteiger charge is 2.36. The summed E-state index contributed by atoms with van der Waals surface area (Å²) in [5.41, 5.74) is 0.592. The molecule has 1 N–H and O–H groups in total. The molecule has 1 aliphatic carbocycles. The number of nitrogens with zero attached hydrogens (tertiary/aromatic N) is 1. The Hall–Kier alpha value is -0.430. The highest BCUT2D eigenvalue weighted by Crippen LogP contribution is 2.37. The lowest BCUT2D eigenvalue weighted by Crippen LogP contribution is -2.36. The first-order chi connectivity index (χ1) is 8.87. The molecule has 2 rings (SSSR count). The Morgan fingerprint density at radius 1 is 1.47 bits per heavy atom. The van der Waals surface area contributed by atoms with Crippen molar-refractivity contribution in [1.29, 1.82) is 0 Å². The van der Waals surface area contributed by atoms with Crippen molar-refractivity contribution in [3.63, 3.8) is 0 Å². The van der Waals surface area contributed by atoms with E-state index in [1.54, 1.807) is 19.2 Å². The van der Waals surface area contributed by atoms with Gasteiger partial charge in [-0.05, 0) is 59.3 Å². The molecule has 1 aromatic carbocycles. The summed E-state index contributed by atoms with van der Waals surface area (Å²) in [5.74, 6) is 0.472. The normalized spacial score (nSPS) is 17.7. The summed E-state index contributed by atoms with van der Waals surface area (Å²) in [6.07, 6.45) is 2.19. The van der Waals surface area contributed by atoms with E-state index in [1.165, 1.54) is 10.4 Å². The van der Waals surface area contributed by atoms with Gasteiger partial charge < -0.3 is 5.11 Å². The van der Waals surface area contributed by atoms with Crippen LogP contribution in [0.15, 0.2) is 27.6 Å². The molecule has 6 heteroatoms. The monoisotopic (exact) mass is 347 g/mol. The molecule has 4 nitrogen and oxygen atoms in total. The van der Waals surface area contributed by atoms with E-state index in [1.807, 2.05) is 6.92 Å². The molecular weight excluding hydrogens is 330 g/mol. The molecule has 1 atom stereocenters. The average molecular weight is 348 g/mol. The van der Waals surface area contributed by atoms with E-state index >= 15 is 0 Å². The zero-order valence-electron chi connectivity index (χ0n) is 11.0. The van der Waals surface area contributed by atoms with Crippen molar-refractivity contribution in [2.75, 3.05) is 7.05 Å². The summed E-state index contributed by atoms with van der Waals surface area (Å²) >= 11 is 3.28.